The third kappa shape index (κ3) is 2.67. The normalized spacial score (nSPS) is 21.9. The Kier molecular flexibility index (Phi) is 3.91. The molecule has 18 heavy (non-hydrogen) atoms. The zero-order valence-corrected chi connectivity index (χ0v) is 11.3. The first kappa shape index (κ1) is 13.0. The maximum atomic E-state index is 5.81. The molecule has 1 aliphatic heterocycles. The smallest absolute Gasteiger partial charge is 0.149 e. The lowest BCUT2D eigenvalue weighted by atomic mass is 10.2. The van der Waals surface area contributed by atoms with Gasteiger partial charge in [-0.05, 0) is 38.6 Å². The summed E-state index contributed by atoms with van der Waals surface area (Å²) in [5.74, 6) is 1.38. The highest BCUT2D eigenvalue weighted by Crippen LogP contribution is 2.23. The van der Waals surface area contributed by atoms with Crippen LogP contribution in [-0.4, -0.2) is 42.6 Å². The summed E-state index contributed by atoms with van der Waals surface area (Å²) in [6.07, 6.45) is 2.26. The van der Waals surface area contributed by atoms with E-state index in [2.05, 4.69) is 28.8 Å². The van der Waals surface area contributed by atoms with Gasteiger partial charge in [0.1, 0.15) is 11.6 Å². The second-order valence-corrected chi connectivity index (χ2v) is 5.02. The molecule has 5 nitrogen and oxygen atoms in total. The predicted octanol–water partition coefficient (Wildman–Crippen LogP) is 1.17. The van der Waals surface area contributed by atoms with Crippen LogP contribution in [0.3, 0.4) is 0 Å². The summed E-state index contributed by atoms with van der Waals surface area (Å²) < 4.78 is 0. The highest BCUT2D eigenvalue weighted by molar-refractivity contribution is 5.62. The average Bonchev–Trinajstić information content (AvgIpc) is 2.54. The van der Waals surface area contributed by atoms with Crippen molar-refractivity contribution in [2.45, 2.75) is 25.8 Å². The number of aromatic nitrogens is 1. The van der Waals surface area contributed by atoms with E-state index in [-0.39, 0.29) is 0 Å². The Hall–Kier alpha value is -1.49. The lowest BCUT2D eigenvalue weighted by Gasteiger charge is -2.31. The Morgan fingerprint density at radius 3 is 2.78 bits per heavy atom. The van der Waals surface area contributed by atoms with Crippen molar-refractivity contribution in [2.75, 3.05) is 43.0 Å². The number of anilines is 3. The summed E-state index contributed by atoms with van der Waals surface area (Å²) in [6, 6.07) is 4.31. The van der Waals surface area contributed by atoms with Gasteiger partial charge in [0.05, 0.1) is 5.69 Å². The molecule has 0 amide bonds. The number of rotatable bonds is 2. The summed E-state index contributed by atoms with van der Waals surface area (Å²) in [7, 11) is 2.18. The van der Waals surface area contributed by atoms with Crippen LogP contribution in [0.15, 0.2) is 12.1 Å². The van der Waals surface area contributed by atoms with Crippen molar-refractivity contribution in [3.63, 3.8) is 0 Å². The second-order valence-electron chi connectivity index (χ2n) is 5.02. The molecule has 1 unspecified atom stereocenters. The van der Waals surface area contributed by atoms with E-state index in [1.807, 2.05) is 12.1 Å². The van der Waals surface area contributed by atoms with E-state index in [0.717, 1.165) is 38.3 Å². The summed E-state index contributed by atoms with van der Waals surface area (Å²) in [4.78, 5) is 9.17. The van der Waals surface area contributed by atoms with Gasteiger partial charge in [0.2, 0.25) is 0 Å². The standard InChI is InChI=1S/C13H23N5/c1-3-10-9-17(2)7-4-8-18(10)12-6-5-11(14)13(15)16-12/h5-6,10H,3-4,7-9,14H2,1-2H3,(H2,15,16). The number of pyridine rings is 1. The Bertz CT molecular complexity index is 406. The highest BCUT2D eigenvalue weighted by Gasteiger charge is 2.23. The first-order valence-corrected chi connectivity index (χ1v) is 6.59. The molecule has 0 aliphatic carbocycles. The van der Waals surface area contributed by atoms with E-state index < -0.39 is 0 Å². The average molecular weight is 249 g/mol. The van der Waals surface area contributed by atoms with E-state index in [1.54, 1.807) is 0 Å². The highest BCUT2D eigenvalue weighted by atomic mass is 15.3. The fourth-order valence-corrected chi connectivity index (χ4v) is 2.53. The van der Waals surface area contributed by atoms with Crippen molar-refractivity contribution in [1.29, 1.82) is 0 Å². The van der Waals surface area contributed by atoms with E-state index in [9.17, 15) is 0 Å². The van der Waals surface area contributed by atoms with Crippen LogP contribution >= 0.6 is 0 Å². The zero-order valence-electron chi connectivity index (χ0n) is 11.3. The molecule has 0 aromatic carbocycles. The topological polar surface area (TPSA) is 71.4 Å². The fourth-order valence-electron chi connectivity index (χ4n) is 2.53. The van der Waals surface area contributed by atoms with Gasteiger partial charge in [0.25, 0.3) is 0 Å². The minimum absolute atomic E-state index is 0.431. The maximum absolute atomic E-state index is 5.81. The van der Waals surface area contributed by atoms with Gasteiger partial charge in [-0.25, -0.2) is 4.98 Å². The van der Waals surface area contributed by atoms with Crippen LogP contribution in [0.4, 0.5) is 17.3 Å². The predicted molar refractivity (Wildman–Crippen MR) is 76.6 cm³/mol. The molecule has 2 rings (SSSR count). The number of hydrogen-bond donors (Lipinski definition) is 2. The molecule has 0 spiro atoms. The van der Waals surface area contributed by atoms with Gasteiger partial charge < -0.3 is 21.3 Å². The van der Waals surface area contributed by atoms with Crippen LogP contribution in [0.25, 0.3) is 0 Å². The summed E-state index contributed by atoms with van der Waals surface area (Å²) in [6.45, 7) is 5.45. The summed E-state index contributed by atoms with van der Waals surface area (Å²) in [5, 5.41) is 0. The molecule has 0 saturated carbocycles. The van der Waals surface area contributed by atoms with Crippen molar-refractivity contribution >= 4 is 17.3 Å². The minimum atomic E-state index is 0.431. The zero-order chi connectivity index (χ0) is 13.1. The van der Waals surface area contributed by atoms with E-state index in [4.69, 9.17) is 11.5 Å². The van der Waals surface area contributed by atoms with Gasteiger partial charge in [-0.1, -0.05) is 6.92 Å². The molecular formula is C13H23N5. The van der Waals surface area contributed by atoms with Crippen LogP contribution in [0.2, 0.25) is 0 Å². The van der Waals surface area contributed by atoms with Crippen LogP contribution in [0.1, 0.15) is 19.8 Å². The molecule has 1 aromatic heterocycles. The fraction of sp³-hybridized carbons (Fsp3) is 0.615. The van der Waals surface area contributed by atoms with Crippen LogP contribution in [0, 0.1) is 0 Å². The number of nitrogens with two attached hydrogens (primary N) is 2. The lowest BCUT2D eigenvalue weighted by molar-refractivity contribution is 0.327. The Balaban J connectivity index is 2.25. The van der Waals surface area contributed by atoms with E-state index in [0.29, 0.717) is 17.5 Å². The van der Waals surface area contributed by atoms with Gasteiger partial charge in [0.15, 0.2) is 0 Å². The van der Waals surface area contributed by atoms with Crippen LogP contribution in [0.5, 0.6) is 0 Å². The van der Waals surface area contributed by atoms with Gasteiger partial charge in [0, 0.05) is 19.1 Å². The first-order valence-electron chi connectivity index (χ1n) is 6.59. The molecule has 1 aliphatic rings. The van der Waals surface area contributed by atoms with Crippen LogP contribution < -0.4 is 16.4 Å². The monoisotopic (exact) mass is 249 g/mol. The quantitative estimate of drug-likeness (QED) is 0.823. The molecular weight excluding hydrogens is 226 g/mol. The van der Waals surface area contributed by atoms with E-state index >= 15 is 0 Å². The van der Waals surface area contributed by atoms with Crippen molar-refractivity contribution < 1.29 is 0 Å². The van der Waals surface area contributed by atoms with Crippen molar-refractivity contribution in [2.24, 2.45) is 0 Å². The van der Waals surface area contributed by atoms with Crippen LogP contribution in [-0.2, 0) is 0 Å². The summed E-state index contributed by atoms with van der Waals surface area (Å²) >= 11 is 0. The number of likely N-dealkylation sites (N-methyl/N-ethyl adjacent to an activating group) is 1. The second kappa shape index (κ2) is 5.44. The molecule has 5 heteroatoms. The third-order valence-electron chi connectivity index (χ3n) is 3.61. The SMILES string of the molecule is CCC1CN(C)CCCN1c1ccc(N)c(N)n1. The molecule has 0 radical (unpaired) electrons. The van der Waals surface area contributed by atoms with Gasteiger partial charge in [-0.2, -0.15) is 0 Å². The number of hydrogen-bond acceptors (Lipinski definition) is 5. The van der Waals surface area contributed by atoms with Crippen molar-refractivity contribution in [3.05, 3.63) is 12.1 Å². The Morgan fingerprint density at radius 1 is 1.33 bits per heavy atom. The molecule has 100 valence electrons. The summed E-state index contributed by atoms with van der Waals surface area (Å²) in [5.41, 5.74) is 12.1. The van der Waals surface area contributed by atoms with Gasteiger partial charge >= 0.3 is 0 Å². The first-order chi connectivity index (χ1) is 8.61. The molecule has 1 saturated heterocycles. The largest absolute Gasteiger partial charge is 0.396 e. The molecule has 1 fully saturated rings. The molecule has 1 atom stereocenters. The number of nitrogens with zero attached hydrogens (tertiary/aromatic N) is 3. The molecule has 2 heterocycles. The van der Waals surface area contributed by atoms with Gasteiger partial charge in [-0.15, -0.1) is 0 Å². The number of nitrogen functional groups attached to an aromatic ring is 2. The van der Waals surface area contributed by atoms with E-state index in [1.165, 1.54) is 0 Å². The minimum Gasteiger partial charge on any atom is -0.396 e. The Morgan fingerprint density at radius 2 is 2.11 bits per heavy atom. The van der Waals surface area contributed by atoms with Crippen molar-refractivity contribution in [1.82, 2.24) is 9.88 Å². The Labute approximate surface area is 109 Å². The molecule has 0 bridgehead atoms. The van der Waals surface area contributed by atoms with Gasteiger partial charge in [-0.3, -0.25) is 0 Å². The molecule has 4 N–H and O–H groups in total. The maximum Gasteiger partial charge on any atom is 0.149 e. The lowest BCUT2D eigenvalue weighted by Crippen LogP contribution is -2.40. The molecule has 1 aromatic rings. The van der Waals surface area contributed by atoms with Crippen molar-refractivity contribution in [3.8, 4) is 0 Å². The third-order valence-corrected chi connectivity index (χ3v) is 3.61.